The standard InChI is InChI=1S/C10H12ClFN2O/c1-2-8(10(13)15)14-9-4-3-6(12)5-7(9)11/h3-5,8,14H,2H2,1H3,(H2,13,15). The number of primary amides is 1. The maximum atomic E-state index is 12.7. The first-order chi connectivity index (χ1) is 7.04. The second-order valence-electron chi connectivity index (χ2n) is 3.13. The van der Waals surface area contributed by atoms with Gasteiger partial charge in [-0.3, -0.25) is 4.79 Å². The van der Waals surface area contributed by atoms with Crippen molar-refractivity contribution in [2.24, 2.45) is 5.73 Å². The van der Waals surface area contributed by atoms with Gasteiger partial charge in [-0.25, -0.2) is 4.39 Å². The molecule has 82 valence electrons. The smallest absolute Gasteiger partial charge is 0.239 e. The number of rotatable bonds is 4. The zero-order valence-electron chi connectivity index (χ0n) is 8.26. The van der Waals surface area contributed by atoms with Crippen molar-refractivity contribution in [1.29, 1.82) is 0 Å². The van der Waals surface area contributed by atoms with E-state index in [0.29, 0.717) is 12.1 Å². The Bertz CT molecular complexity index is 370. The van der Waals surface area contributed by atoms with Gasteiger partial charge in [-0.15, -0.1) is 0 Å². The van der Waals surface area contributed by atoms with Crippen LogP contribution in [0.2, 0.25) is 5.02 Å². The Morgan fingerprint density at radius 2 is 2.33 bits per heavy atom. The molecule has 0 heterocycles. The molecule has 3 N–H and O–H groups in total. The lowest BCUT2D eigenvalue weighted by molar-refractivity contribution is -0.118. The van der Waals surface area contributed by atoms with Gasteiger partial charge in [-0.05, 0) is 24.6 Å². The number of hydrogen-bond acceptors (Lipinski definition) is 2. The lowest BCUT2D eigenvalue weighted by Crippen LogP contribution is -2.34. The minimum Gasteiger partial charge on any atom is -0.372 e. The third-order valence-electron chi connectivity index (χ3n) is 2.01. The number of hydrogen-bond donors (Lipinski definition) is 2. The molecule has 0 aliphatic carbocycles. The van der Waals surface area contributed by atoms with Crippen molar-refractivity contribution in [3.8, 4) is 0 Å². The van der Waals surface area contributed by atoms with Crippen LogP contribution >= 0.6 is 11.6 Å². The Morgan fingerprint density at radius 1 is 1.67 bits per heavy atom. The van der Waals surface area contributed by atoms with Gasteiger partial charge >= 0.3 is 0 Å². The number of nitrogens with one attached hydrogen (secondary N) is 1. The number of carbonyl (C=O) groups excluding carboxylic acids is 1. The Labute approximate surface area is 92.4 Å². The van der Waals surface area contributed by atoms with Crippen molar-refractivity contribution in [1.82, 2.24) is 0 Å². The van der Waals surface area contributed by atoms with E-state index in [1.807, 2.05) is 6.92 Å². The summed E-state index contributed by atoms with van der Waals surface area (Å²) < 4.78 is 12.7. The molecule has 1 amide bonds. The average Bonchev–Trinajstić information content (AvgIpc) is 2.16. The summed E-state index contributed by atoms with van der Waals surface area (Å²) in [5.41, 5.74) is 5.66. The van der Waals surface area contributed by atoms with Crippen LogP contribution in [0.3, 0.4) is 0 Å². The molecule has 0 radical (unpaired) electrons. The molecule has 1 atom stereocenters. The minimum atomic E-state index is -0.493. The maximum Gasteiger partial charge on any atom is 0.239 e. The Balaban J connectivity index is 2.84. The van der Waals surface area contributed by atoms with Gasteiger partial charge in [-0.1, -0.05) is 18.5 Å². The molecular weight excluding hydrogens is 219 g/mol. The molecule has 0 aliphatic heterocycles. The van der Waals surface area contributed by atoms with E-state index in [1.165, 1.54) is 18.2 Å². The molecule has 0 aromatic heterocycles. The molecule has 0 fully saturated rings. The van der Waals surface area contributed by atoms with Crippen molar-refractivity contribution in [3.05, 3.63) is 29.0 Å². The normalized spacial score (nSPS) is 12.2. The van der Waals surface area contributed by atoms with E-state index in [1.54, 1.807) is 0 Å². The lowest BCUT2D eigenvalue weighted by Gasteiger charge is -2.15. The van der Waals surface area contributed by atoms with Crippen LogP contribution in [-0.4, -0.2) is 11.9 Å². The monoisotopic (exact) mass is 230 g/mol. The largest absolute Gasteiger partial charge is 0.372 e. The molecule has 0 saturated carbocycles. The number of halogens is 2. The molecule has 1 rings (SSSR count). The van der Waals surface area contributed by atoms with E-state index in [4.69, 9.17) is 17.3 Å². The fraction of sp³-hybridized carbons (Fsp3) is 0.300. The molecule has 0 spiro atoms. The Morgan fingerprint density at radius 3 is 2.80 bits per heavy atom. The van der Waals surface area contributed by atoms with Crippen molar-refractivity contribution < 1.29 is 9.18 Å². The van der Waals surface area contributed by atoms with Gasteiger partial charge in [-0.2, -0.15) is 0 Å². The summed E-state index contributed by atoms with van der Waals surface area (Å²) >= 11 is 5.78. The van der Waals surface area contributed by atoms with Crippen molar-refractivity contribution in [2.75, 3.05) is 5.32 Å². The second-order valence-corrected chi connectivity index (χ2v) is 3.54. The molecule has 3 nitrogen and oxygen atoms in total. The first kappa shape index (κ1) is 11.8. The van der Waals surface area contributed by atoms with Crippen molar-refractivity contribution in [3.63, 3.8) is 0 Å². The predicted octanol–water partition coefficient (Wildman–Crippen LogP) is 2.15. The molecule has 0 bridgehead atoms. The van der Waals surface area contributed by atoms with E-state index in [-0.39, 0.29) is 5.02 Å². The highest BCUT2D eigenvalue weighted by Crippen LogP contribution is 2.23. The lowest BCUT2D eigenvalue weighted by atomic mass is 10.2. The van der Waals surface area contributed by atoms with E-state index < -0.39 is 17.8 Å². The number of benzene rings is 1. The van der Waals surface area contributed by atoms with Gasteiger partial charge in [0.05, 0.1) is 10.7 Å². The zero-order chi connectivity index (χ0) is 11.4. The molecule has 1 aromatic carbocycles. The van der Waals surface area contributed by atoms with Crippen LogP contribution in [0.5, 0.6) is 0 Å². The fourth-order valence-corrected chi connectivity index (χ4v) is 1.39. The molecule has 1 unspecified atom stereocenters. The van der Waals surface area contributed by atoms with E-state index in [0.717, 1.165) is 0 Å². The molecule has 0 aliphatic rings. The number of carbonyl (C=O) groups is 1. The molecular formula is C10H12ClFN2O. The summed E-state index contributed by atoms with van der Waals surface area (Å²) in [6.07, 6.45) is 0.545. The van der Waals surface area contributed by atoms with E-state index in [9.17, 15) is 9.18 Å². The zero-order valence-corrected chi connectivity index (χ0v) is 9.01. The molecule has 0 saturated heterocycles. The first-order valence-electron chi connectivity index (χ1n) is 4.55. The summed E-state index contributed by atoms with van der Waals surface area (Å²) in [6, 6.07) is 3.43. The predicted molar refractivity (Wildman–Crippen MR) is 58.3 cm³/mol. The van der Waals surface area contributed by atoms with Gasteiger partial charge in [0, 0.05) is 0 Å². The highest BCUT2D eigenvalue weighted by atomic mass is 35.5. The third-order valence-corrected chi connectivity index (χ3v) is 2.33. The number of amides is 1. The first-order valence-corrected chi connectivity index (χ1v) is 4.93. The summed E-state index contributed by atoms with van der Waals surface area (Å²) in [6.45, 7) is 1.82. The van der Waals surface area contributed by atoms with Gasteiger partial charge in [0.2, 0.25) is 5.91 Å². The van der Waals surface area contributed by atoms with E-state index >= 15 is 0 Å². The molecule has 15 heavy (non-hydrogen) atoms. The van der Waals surface area contributed by atoms with Crippen LogP contribution < -0.4 is 11.1 Å². The SMILES string of the molecule is CCC(Nc1ccc(F)cc1Cl)C(N)=O. The molecule has 5 heteroatoms. The van der Waals surface area contributed by atoms with Crippen LogP contribution in [0.1, 0.15) is 13.3 Å². The Hall–Kier alpha value is -1.29. The van der Waals surface area contributed by atoms with Crippen LogP contribution in [0, 0.1) is 5.82 Å². The highest BCUT2D eigenvalue weighted by Gasteiger charge is 2.13. The van der Waals surface area contributed by atoms with Gasteiger partial charge in [0.25, 0.3) is 0 Å². The third kappa shape index (κ3) is 3.09. The maximum absolute atomic E-state index is 12.7. The summed E-state index contributed by atoms with van der Waals surface area (Å²) in [5.74, 6) is -0.879. The van der Waals surface area contributed by atoms with Crippen molar-refractivity contribution in [2.45, 2.75) is 19.4 Å². The van der Waals surface area contributed by atoms with Crippen LogP contribution in [0.15, 0.2) is 18.2 Å². The van der Waals surface area contributed by atoms with Gasteiger partial charge in [0.1, 0.15) is 11.9 Å². The fourth-order valence-electron chi connectivity index (χ4n) is 1.17. The van der Waals surface area contributed by atoms with Crippen LogP contribution in [-0.2, 0) is 4.79 Å². The van der Waals surface area contributed by atoms with Gasteiger partial charge in [0.15, 0.2) is 0 Å². The quantitative estimate of drug-likeness (QED) is 0.833. The minimum absolute atomic E-state index is 0.231. The average molecular weight is 231 g/mol. The van der Waals surface area contributed by atoms with Crippen LogP contribution in [0.4, 0.5) is 10.1 Å². The van der Waals surface area contributed by atoms with Crippen LogP contribution in [0.25, 0.3) is 0 Å². The number of anilines is 1. The van der Waals surface area contributed by atoms with Gasteiger partial charge < -0.3 is 11.1 Å². The summed E-state index contributed by atoms with van der Waals surface area (Å²) in [5, 5.41) is 3.08. The Kier molecular flexibility index (Phi) is 3.91. The second kappa shape index (κ2) is 4.98. The highest BCUT2D eigenvalue weighted by molar-refractivity contribution is 6.33. The van der Waals surface area contributed by atoms with Crippen molar-refractivity contribution >= 4 is 23.2 Å². The number of nitrogens with two attached hydrogens (primary N) is 1. The summed E-state index contributed by atoms with van der Waals surface area (Å²) in [7, 11) is 0. The molecule has 1 aromatic rings. The summed E-state index contributed by atoms with van der Waals surface area (Å²) in [4.78, 5) is 11.0. The van der Waals surface area contributed by atoms with E-state index in [2.05, 4.69) is 5.32 Å². The topological polar surface area (TPSA) is 55.1 Å².